The fourth-order valence-electron chi connectivity index (χ4n) is 1.86. The molecule has 19 heavy (non-hydrogen) atoms. The molecule has 1 aliphatic rings. The van der Waals surface area contributed by atoms with Crippen LogP contribution in [0.15, 0.2) is 40.5 Å². The molecule has 2 N–H and O–H groups in total. The van der Waals surface area contributed by atoms with Gasteiger partial charge in [-0.1, -0.05) is 12.2 Å². The van der Waals surface area contributed by atoms with Crippen LogP contribution in [0.4, 0.5) is 0 Å². The van der Waals surface area contributed by atoms with Gasteiger partial charge in [-0.3, -0.25) is 0 Å². The largest absolute Gasteiger partial charge is 0.465 e. The maximum absolute atomic E-state index is 9.11. The van der Waals surface area contributed by atoms with E-state index < -0.39 is 6.10 Å². The van der Waals surface area contributed by atoms with Crippen molar-refractivity contribution in [3.05, 3.63) is 41.9 Å². The highest BCUT2D eigenvalue weighted by atomic mass is 16.3. The lowest BCUT2D eigenvalue weighted by atomic mass is 9.96. The van der Waals surface area contributed by atoms with Crippen molar-refractivity contribution in [2.24, 2.45) is 0 Å². The van der Waals surface area contributed by atoms with Crippen molar-refractivity contribution >= 4 is 6.08 Å². The maximum atomic E-state index is 9.11. The summed E-state index contributed by atoms with van der Waals surface area (Å²) in [5.41, 5.74) is 1.24. The van der Waals surface area contributed by atoms with Crippen LogP contribution in [0.25, 0.3) is 6.08 Å². The molecule has 0 bridgehead atoms. The van der Waals surface area contributed by atoms with Crippen molar-refractivity contribution in [3.63, 3.8) is 0 Å². The predicted molar refractivity (Wildman–Crippen MR) is 77.7 cm³/mol. The second kappa shape index (κ2) is 8.73. The summed E-state index contributed by atoms with van der Waals surface area (Å²) in [7, 11) is 0. The third kappa shape index (κ3) is 6.99. The topological polar surface area (TPSA) is 53.6 Å². The van der Waals surface area contributed by atoms with E-state index in [1.165, 1.54) is 24.8 Å². The first-order chi connectivity index (χ1) is 9.09. The predicted octanol–water partition coefficient (Wildman–Crippen LogP) is 3.54. The average molecular weight is 264 g/mol. The zero-order chi connectivity index (χ0) is 14.1. The molecule has 0 radical (unpaired) electrons. The highest BCUT2D eigenvalue weighted by Crippen LogP contribution is 2.19. The summed E-state index contributed by atoms with van der Waals surface area (Å²) in [5, 5.41) is 17.9. The zero-order valence-electron chi connectivity index (χ0n) is 11.7. The first kappa shape index (κ1) is 15.7. The van der Waals surface area contributed by atoms with Crippen LogP contribution in [-0.2, 0) is 0 Å². The minimum Gasteiger partial charge on any atom is -0.465 e. The minimum absolute atomic E-state index is 0.203. The third-order valence-corrected chi connectivity index (χ3v) is 2.94. The Labute approximate surface area is 115 Å². The standard InChI is InChI=1S/C8H10O2.C8H14O/c1-7(9)4-5-8-3-2-6-10-8;1-7(9)8-5-3-2-4-6-8/h2-7,9H,1H3;5,7,9H,2-4,6H2,1H3/b5-4+;. The molecule has 1 heterocycles. The molecule has 106 valence electrons. The van der Waals surface area contributed by atoms with E-state index in [1.54, 1.807) is 25.3 Å². The van der Waals surface area contributed by atoms with Gasteiger partial charge in [0.15, 0.2) is 0 Å². The summed E-state index contributed by atoms with van der Waals surface area (Å²) in [6.07, 6.45) is 11.4. The summed E-state index contributed by atoms with van der Waals surface area (Å²) in [6, 6.07) is 3.64. The third-order valence-electron chi connectivity index (χ3n) is 2.94. The molecule has 3 nitrogen and oxygen atoms in total. The molecular formula is C16H24O3. The van der Waals surface area contributed by atoms with Crippen molar-refractivity contribution in [1.82, 2.24) is 0 Å². The number of furan rings is 1. The number of aliphatic hydroxyl groups is 2. The van der Waals surface area contributed by atoms with Crippen molar-refractivity contribution in [3.8, 4) is 0 Å². The van der Waals surface area contributed by atoms with E-state index >= 15 is 0 Å². The lowest BCUT2D eigenvalue weighted by Crippen LogP contribution is -2.06. The molecule has 2 rings (SSSR count). The monoisotopic (exact) mass is 264 g/mol. The molecule has 0 aliphatic heterocycles. The van der Waals surface area contributed by atoms with Crippen molar-refractivity contribution in [2.75, 3.05) is 0 Å². The van der Waals surface area contributed by atoms with Gasteiger partial charge in [-0.25, -0.2) is 0 Å². The van der Waals surface area contributed by atoms with Crippen molar-refractivity contribution in [1.29, 1.82) is 0 Å². The summed E-state index contributed by atoms with van der Waals surface area (Å²) >= 11 is 0. The van der Waals surface area contributed by atoms with E-state index in [0.717, 1.165) is 12.2 Å². The van der Waals surface area contributed by atoms with Gasteiger partial charge in [-0.15, -0.1) is 0 Å². The molecule has 0 aromatic carbocycles. The molecule has 0 amide bonds. The van der Waals surface area contributed by atoms with Crippen molar-refractivity contribution in [2.45, 2.75) is 51.7 Å². The average Bonchev–Trinajstić information content (AvgIpc) is 2.91. The van der Waals surface area contributed by atoms with Gasteiger partial charge in [0.05, 0.1) is 18.5 Å². The molecule has 1 aromatic heterocycles. The van der Waals surface area contributed by atoms with Crippen LogP contribution in [0.1, 0.15) is 45.3 Å². The summed E-state index contributed by atoms with van der Waals surface area (Å²) in [4.78, 5) is 0. The van der Waals surface area contributed by atoms with Gasteiger partial charge in [0.2, 0.25) is 0 Å². The van der Waals surface area contributed by atoms with E-state index in [4.69, 9.17) is 14.6 Å². The Morgan fingerprint density at radius 1 is 1.26 bits per heavy atom. The van der Waals surface area contributed by atoms with E-state index in [9.17, 15) is 0 Å². The molecule has 2 atom stereocenters. The number of allylic oxidation sites excluding steroid dienone is 1. The highest BCUT2D eigenvalue weighted by Gasteiger charge is 2.07. The van der Waals surface area contributed by atoms with E-state index in [2.05, 4.69) is 6.08 Å². The van der Waals surface area contributed by atoms with E-state index in [0.29, 0.717) is 0 Å². The van der Waals surface area contributed by atoms with Gasteiger partial charge in [-0.05, 0) is 63.3 Å². The molecule has 0 saturated heterocycles. The second-order valence-electron chi connectivity index (χ2n) is 4.82. The van der Waals surface area contributed by atoms with Crippen molar-refractivity contribution < 1.29 is 14.6 Å². The van der Waals surface area contributed by atoms with Gasteiger partial charge < -0.3 is 14.6 Å². The molecule has 3 heteroatoms. The van der Waals surface area contributed by atoms with Crippen LogP contribution in [0.3, 0.4) is 0 Å². The van der Waals surface area contributed by atoms with Gasteiger partial charge in [-0.2, -0.15) is 0 Å². The SMILES string of the molecule is CC(O)/C=C/c1ccco1.CC(O)C1=CCCCC1. The number of aliphatic hydroxyl groups excluding tert-OH is 2. The fourth-order valence-corrected chi connectivity index (χ4v) is 1.86. The van der Waals surface area contributed by atoms with Crippen LogP contribution < -0.4 is 0 Å². The highest BCUT2D eigenvalue weighted by molar-refractivity contribution is 5.42. The fraction of sp³-hybridized carbons (Fsp3) is 0.500. The Bertz CT molecular complexity index is 386. The lowest BCUT2D eigenvalue weighted by molar-refractivity contribution is 0.224. The Kier molecular flexibility index (Phi) is 7.23. The number of hydrogen-bond acceptors (Lipinski definition) is 3. The minimum atomic E-state index is -0.412. The maximum Gasteiger partial charge on any atom is 0.126 e. The van der Waals surface area contributed by atoms with Crippen LogP contribution in [0, 0.1) is 0 Å². The summed E-state index contributed by atoms with van der Waals surface area (Å²) in [5.74, 6) is 0.765. The zero-order valence-corrected chi connectivity index (χ0v) is 11.7. The van der Waals surface area contributed by atoms with Gasteiger partial charge >= 0.3 is 0 Å². The number of hydrogen-bond donors (Lipinski definition) is 2. The van der Waals surface area contributed by atoms with Crippen LogP contribution in [0.5, 0.6) is 0 Å². The molecular weight excluding hydrogens is 240 g/mol. The molecule has 0 saturated carbocycles. The molecule has 0 fully saturated rings. The Morgan fingerprint density at radius 3 is 2.47 bits per heavy atom. The van der Waals surface area contributed by atoms with Crippen LogP contribution in [-0.4, -0.2) is 22.4 Å². The second-order valence-corrected chi connectivity index (χ2v) is 4.82. The van der Waals surface area contributed by atoms with Crippen LogP contribution >= 0.6 is 0 Å². The van der Waals surface area contributed by atoms with E-state index in [-0.39, 0.29) is 6.10 Å². The van der Waals surface area contributed by atoms with Crippen LogP contribution in [0.2, 0.25) is 0 Å². The lowest BCUT2D eigenvalue weighted by Gasteiger charge is -2.14. The Morgan fingerprint density at radius 2 is 2.05 bits per heavy atom. The molecule has 1 aliphatic carbocycles. The summed E-state index contributed by atoms with van der Waals surface area (Å²) < 4.78 is 4.99. The van der Waals surface area contributed by atoms with Gasteiger partial charge in [0.1, 0.15) is 5.76 Å². The van der Waals surface area contributed by atoms with Gasteiger partial charge in [0.25, 0.3) is 0 Å². The smallest absolute Gasteiger partial charge is 0.126 e. The Hall–Kier alpha value is -1.32. The Balaban J connectivity index is 0.000000191. The number of rotatable bonds is 3. The molecule has 1 aromatic rings. The molecule has 2 unspecified atom stereocenters. The quantitative estimate of drug-likeness (QED) is 0.821. The van der Waals surface area contributed by atoms with Gasteiger partial charge in [0, 0.05) is 0 Å². The first-order valence-electron chi connectivity index (χ1n) is 6.86. The summed E-state index contributed by atoms with van der Waals surface area (Å²) in [6.45, 7) is 3.54. The first-order valence-corrected chi connectivity index (χ1v) is 6.86. The normalized spacial score (nSPS) is 18.4. The van der Waals surface area contributed by atoms with E-state index in [1.807, 2.05) is 19.1 Å². The molecule has 0 spiro atoms.